The highest BCUT2D eigenvalue weighted by Crippen LogP contribution is 2.24. The maximum absolute atomic E-state index is 9.41. The van der Waals surface area contributed by atoms with Crippen LogP contribution in [0, 0.1) is 32.1 Å². The molecule has 0 fully saturated rings. The van der Waals surface area contributed by atoms with Crippen LogP contribution in [-0.4, -0.2) is 19.6 Å². The monoisotopic (exact) mass is 337 g/mol. The van der Waals surface area contributed by atoms with E-state index in [1.165, 1.54) is 4.52 Å². The van der Waals surface area contributed by atoms with E-state index in [0.29, 0.717) is 18.0 Å². The molecule has 0 saturated heterocycles. The van der Waals surface area contributed by atoms with Crippen LogP contribution in [0.25, 0.3) is 5.65 Å². The second kappa shape index (κ2) is 7.62. The normalized spacial score (nSPS) is 10.1. The average molecular weight is 337 g/mol. The van der Waals surface area contributed by atoms with E-state index in [1.807, 2.05) is 52.8 Å². The first-order valence-corrected chi connectivity index (χ1v) is 8.23. The van der Waals surface area contributed by atoms with Crippen molar-refractivity contribution in [3.05, 3.63) is 46.4 Å². The summed E-state index contributed by atoms with van der Waals surface area (Å²) in [6, 6.07) is 7.90. The van der Waals surface area contributed by atoms with Crippen molar-refractivity contribution in [3.8, 4) is 6.07 Å². The van der Waals surface area contributed by atoms with Gasteiger partial charge in [-0.15, -0.1) is 0 Å². The van der Waals surface area contributed by atoms with Crippen molar-refractivity contribution in [2.75, 3.05) is 11.1 Å². The fourth-order valence-corrected chi connectivity index (χ4v) is 2.39. The number of fused-ring (bicyclic) bond motifs is 1. The maximum Gasteiger partial charge on any atom is 0.162 e. The van der Waals surface area contributed by atoms with Crippen LogP contribution in [0.5, 0.6) is 0 Å². The molecule has 3 heterocycles. The lowest BCUT2D eigenvalue weighted by atomic mass is 10.2. The summed E-state index contributed by atoms with van der Waals surface area (Å²) in [5.74, 6) is 0.734. The van der Waals surface area contributed by atoms with Gasteiger partial charge in [0.25, 0.3) is 0 Å². The fourth-order valence-electron chi connectivity index (χ4n) is 2.39. The number of nitrogens with one attached hydrogen (secondary N) is 1. The van der Waals surface area contributed by atoms with Crippen LogP contribution < -0.4 is 11.1 Å². The lowest BCUT2D eigenvalue weighted by molar-refractivity contribution is 0.920. The molecule has 0 spiro atoms. The predicted molar refractivity (Wildman–Crippen MR) is 99.2 cm³/mol. The summed E-state index contributed by atoms with van der Waals surface area (Å²) in [6.07, 6.45) is 0. The van der Waals surface area contributed by atoms with Gasteiger partial charge in [-0.1, -0.05) is 19.9 Å². The molecular formula is C18H23N7. The number of nitriles is 1. The molecule has 0 saturated carbocycles. The Morgan fingerprint density at radius 2 is 1.92 bits per heavy atom. The largest absolute Gasteiger partial charge is 0.382 e. The van der Waals surface area contributed by atoms with Gasteiger partial charge >= 0.3 is 0 Å². The van der Waals surface area contributed by atoms with E-state index in [4.69, 9.17) is 5.73 Å². The first kappa shape index (κ1) is 18.2. The summed E-state index contributed by atoms with van der Waals surface area (Å²) >= 11 is 0. The topological polar surface area (TPSA) is 105 Å². The number of anilines is 2. The van der Waals surface area contributed by atoms with E-state index in [0.717, 1.165) is 22.6 Å². The third-order valence-electron chi connectivity index (χ3n) is 3.76. The van der Waals surface area contributed by atoms with E-state index < -0.39 is 0 Å². The molecule has 3 rings (SSSR count). The Bertz CT molecular complexity index is 935. The Hall–Kier alpha value is -3.14. The van der Waals surface area contributed by atoms with Gasteiger partial charge < -0.3 is 11.1 Å². The molecule has 0 amide bonds. The lowest BCUT2D eigenvalue weighted by Crippen LogP contribution is -2.11. The molecule has 130 valence electrons. The van der Waals surface area contributed by atoms with Gasteiger partial charge in [0.2, 0.25) is 0 Å². The van der Waals surface area contributed by atoms with Crippen LogP contribution >= 0.6 is 0 Å². The summed E-state index contributed by atoms with van der Waals surface area (Å²) in [5.41, 5.74) is 10.6. The van der Waals surface area contributed by atoms with Crippen LogP contribution in [0.4, 0.5) is 11.6 Å². The fraction of sp³-hybridized carbons (Fsp3) is 0.333. The summed E-state index contributed by atoms with van der Waals surface area (Å²) in [4.78, 5) is 8.95. The third-order valence-corrected chi connectivity index (χ3v) is 3.76. The van der Waals surface area contributed by atoms with Crippen LogP contribution in [0.2, 0.25) is 0 Å². The minimum atomic E-state index is 0.285. The van der Waals surface area contributed by atoms with Crippen molar-refractivity contribution in [3.63, 3.8) is 0 Å². The zero-order valence-electron chi connectivity index (χ0n) is 15.3. The molecule has 0 aromatic carbocycles. The first-order chi connectivity index (χ1) is 12.0. The van der Waals surface area contributed by atoms with Crippen LogP contribution in [0.15, 0.2) is 18.2 Å². The average Bonchev–Trinajstić information content (AvgIpc) is 2.90. The smallest absolute Gasteiger partial charge is 0.162 e. The van der Waals surface area contributed by atoms with Crippen molar-refractivity contribution in [2.24, 2.45) is 0 Å². The van der Waals surface area contributed by atoms with E-state index >= 15 is 0 Å². The van der Waals surface area contributed by atoms with Gasteiger partial charge in [0.05, 0.1) is 17.9 Å². The highest BCUT2D eigenvalue weighted by Gasteiger charge is 2.17. The molecule has 0 aliphatic heterocycles. The van der Waals surface area contributed by atoms with Crippen molar-refractivity contribution < 1.29 is 0 Å². The molecule has 0 aliphatic carbocycles. The molecular weight excluding hydrogens is 314 g/mol. The SMILES string of the molecule is CC.Cc1cccc(CNc2nc3c(C)c(C)nn3c(N)c2C#N)n1. The van der Waals surface area contributed by atoms with Gasteiger partial charge in [-0.2, -0.15) is 14.9 Å². The lowest BCUT2D eigenvalue weighted by Gasteiger charge is -2.10. The number of aryl methyl sites for hydroxylation is 3. The van der Waals surface area contributed by atoms with Gasteiger partial charge in [-0.05, 0) is 32.9 Å². The van der Waals surface area contributed by atoms with Crippen molar-refractivity contribution in [1.29, 1.82) is 5.26 Å². The molecule has 3 aromatic heterocycles. The predicted octanol–water partition coefficient (Wildman–Crippen LogP) is 3.14. The Labute approximate surface area is 147 Å². The summed E-state index contributed by atoms with van der Waals surface area (Å²) in [7, 11) is 0. The van der Waals surface area contributed by atoms with Crippen molar-refractivity contribution >= 4 is 17.3 Å². The molecule has 0 radical (unpaired) electrons. The number of pyridine rings is 1. The van der Waals surface area contributed by atoms with Gasteiger partial charge in [0.1, 0.15) is 17.5 Å². The molecule has 0 atom stereocenters. The summed E-state index contributed by atoms with van der Waals surface area (Å²) in [5, 5.41) is 16.9. The summed E-state index contributed by atoms with van der Waals surface area (Å²) in [6.45, 7) is 10.2. The number of hydrogen-bond acceptors (Lipinski definition) is 6. The molecule has 0 bridgehead atoms. The van der Waals surface area contributed by atoms with E-state index in [-0.39, 0.29) is 11.4 Å². The Balaban J connectivity index is 0.00000109. The van der Waals surface area contributed by atoms with Crippen LogP contribution in [0.1, 0.15) is 42.1 Å². The zero-order chi connectivity index (χ0) is 18.6. The molecule has 7 nitrogen and oxygen atoms in total. The minimum absolute atomic E-state index is 0.285. The van der Waals surface area contributed by atoms with Crippen LogP contribution in [-0.2, 0) is 6.54 Å². The number of rotatable bonds is 3. The summed E-state index contributed by atoms with van der Waals surface area (Å²) < 4.78 is 1.51. The molecule has 0 unspecified atom stereocenters. The van der Waals surface area contributed by atoms with E-state index in [2.05, 4.69) is 26.5 Å². The molecule has 3 N–H and O–H groups in total. The van der Waals surface area contributed by atoms with Gasteiger partial charge in [0.15, 0.2) is 11.5 Å². The number of aromatic nitrogens is 4. The Kier molecular flexibility index (Phi) is 5.55. The first-order valence-electron chi connectivity index (χ1n) is 8.23. The number of nitrogen functional groups attached to an aromatic ring is 1. The number of nitrogens with two attached hydrogens (primary N) is 1. The quantitative estimate of drug-likeness (QED) is 0.760. The van der Waals surface area contributed by atoms with Gasteiger partial charge in [0, 0.05) is 11.3 Å². The zero-order valence-corrected chi connectivity index (χ0v) is 15.3. The highest BCUT2D eigenvalue weighted by atomic mass is 15.3. The molecule has 3 aromatic rings. The van der Waals surface area contributed by atoms with Gasteiger partial charge in [-0.25, -0.2) is 4.98 Å². The number of hydrogen-bond donors (Lipinski definition) is 2. The molecule has 25 heavy (non-hydrogen) atoms. The highest BCUT2D eigenvalue weighted by molar-refractivity contribution is 5.69. The number of nitrogens with zero attached hydrogens (tertiary/aromatic N) is 5. The van der Waals surface area contributed by atoms with E-state index in [9.17, 15) is 5.26 Å². The van der Waals surface area contributed by atoms with Crippen LogP contribution in [0.3, 0.4) is 0 Å². The van der Waals surface area contributed by atoms with Crippen molar-refractivity contribution in [2.45, 2.75) is 41.2 Å². The van der Waals surface area contributed by atoms with E-state index in [1.54, 1.807) is 0 Å². The Morgan fingerprint density at radius 3 is 2.56 bits per heavy atom. The second-order valence-corrected chi connectivity index (χ2v) is 5.40. The second-order valence-electron chi connectivity index (χ2n) is 5.40. The molecule has 7 heteroatoms. The maximum atomic E-state index is 9.41. The molecule has 0 aliphatic rings. The third kappa shape index (κ3) is 3.53. The van der Waals surface area contributed by atoms with Crippen molar-refractivity contribution in [1.82, 2.24) is 19.6 Å². The standard InChI is InChI=1S/C16H17N7.C2H6/c1-9-5-4-6-12(20-9)8-19-15-13(7-17)14(18)23-16(21-15)10(2)11(3)22-23;1-2/h4-6H,8,18H2,1-3H3,(H,19,21);1-2H3. The Morgan fingerprint density at radius 1 is 1.20 bits per heavy atom. The van der Waals surface area contributed by atoms with Gasteiger partial charge in [-0.3, -0.25) is 4.98 Å². The minimum Gasteiger partial charge on any atom is -0.382 e.